The molecule has 6 heteroatoms. The van der Waals surface area contributed by atoms with Crippen LogP contribution in [0, 0.1) is 6.92 Å². The Bertz CT molecular complexity index is 686. The van der Waals surface area contributed by atoms with Gasteiger partial charge < -0.3 is 14.7 Å². The highest BCUT2D eigenvalue weighted by Gasteiger charge is 2.36. The maximum Gasteiger partial charge on any atom is 0.245 e. The van der Waals surface area contributed by atoms with Crippen molar-refractivity contribution in [1.29, 1.82) is 0 Å². The van der Waals surface area contributed by atoms with E-state index in [9.17, 15) is 14.4 Å². The van der Waals surface area contributed by atoms with Crippen LogP contribution in [0.2, 0.25) is 0 Å². The summed E-state index contributed by atoms with van der Waals surface area (Å²) < 4.78 is 0. The summed E-state index contributed by atoms with van der Waals surface area (Å²) in [6, 6.07) is 7.58. The van der Waals surface area contributed by atoms with Crippen LogP contribution in [0.1, 0.15) is 37.3 Å². The molecule has 0 unspecified atom stereocenters. The van der Waals surface area contributed by atoms with Gasteiger partial charge in [0.2, 0.25) is 17.7 Å². The molecule has 2 aliphatic heterocycles. The first kappa shape index (κ1) is 18.4. The van der Waals surface area contributed by atoms with Crippen molar-refractivity contribution in [1.82, 2.24) is 14.7 Å². The van der Waals surface area contributed by atoms with Crippen molar-refractivity contribution >= 4 is 17.7 Å². The summed E-state index contributed by atoms with van der Waals surface area (Å²) in [5.74, 6) is 0.170. The Labute approximate surface area is 154 Å². The van der Waals surface area contributed by atoms with Crippen LogP contribution in [0.15, 0.2) is 24.3 Å². The third-order valence-corrected chi connectivity index (χ3v) is 5.28. The molecule has 2 aliphatic rings. The SMILES string of the molecule is Cc1ccc(CN2C(=O)CN(CCCN3CCCC3=O)C(=O)[C@@H]2C)cc1. The zero-order valence-electron chi connectivity index (χ0n) is 15.6. The van der Waals surface area contributed by atoms with Gasteiger partial charge in [0.25, 0.3) is 0 Å². The number of rotatable bonds is 6. The number of benzene rings is 1. The van der Waals surface area contributed by atoms with Crippen molar-refractivity contribution in [3.05, 3.63) is 35.4 Å². The highest BCUT2D eigenvalue weighted by atomic mass is 16.2. The number of aryl methyl sites for hydroxylation is 1. The van der Waals surface area contributed by atoms with Crippen LogP contribution >= 0.6 is 0 Å². The van der Waals surface area contributed by atoms with Gasteiger partial charge in [-0.25, -0.2) is 0 Å². The number of hydrogen-bond acceptors (Lipinski definition) is 3. The van der Waals surface area contributed by atoms with E-state index in [1.54, 1.807) is 16.7 Å². The zero-order chi connectivity index (χ0) is 18.7. The molecule has 1 aromatic rings. The van der Waals surface area contributed by atoms with Gasteiger partial charge in [0.05, 0.1) is 6.54 Å². The van der Waals surface area contributed by atoms with E-state index in [4.69, 9.17) is 0 Å². The largest absolute Gasteiger partial charge is 0.343 e. The molecule has 1 aromatic carbocycles. The quantitative estimate of drug-likeness (QED) is 0.776. The molecular formula is C20H27N3O3. The van der Waals surface area contributed by atoms with Crippen LogP contribution in [0.4, 0.5) is 0 Å². The second-order valence-corrected chi connectivity index (χ2v) is 7.28. The van der Waals surface area contributed by atoms with E-state index in [0.717, 1.165) is 24.9 Å². The van der Waals surface area contributed by atoms with Crippen molar-refractivity contribution in [2.24, 2.45) is 0 Å². The fourth-order valence-electron chi connectivity index (χ4n) is 3.64. The minimum Gasteiger partial charge on any atom is -0.343 e. The lowest BCUT2D eigenvalue weighted by Gasteiger charge is -2.39. The van der Waals surface area contributed by atoms with Crippen LogP contribution < -0.4 is 0 Å². The number of carbonyl (C=O) groups is 3. The molecule has 0 aliphatic carbocycles. The minimum atomic E-state index is -0.453. The monoisotopic (exact) mass is 357 g/mol. The molecule has 140 valence electrons. The van der Waals surface area contributed by atoms with Crippen LogP contribution in [0.25, 0.3) is 0 Å². The van der Waals surface area contributed by atoms with Crippen LogP contribution in [-0.2, 0) is 20.9 Å². The predicted molar refractivity (Wildman–Crippen MR) is 98.2 cm³/mol. The number of nitrogens with zero attached hydrogens (tertiary/aromatic N) is 3. The minimum absolute atomic E-state index is 0.00976. The fourth-order valence-corrected chi connectivity index (χ4v) is 3.64. The molecule has 1 atom stereocenters. The van der Waals surface area contributed by atoms with Crippen molar-refractivity contribution in [2.45, 2.75) is 45.7 Å². The van der Waals surface area contributed by atoms with Gasteiger partial charge in [0.1, 0.15) is 6.04 Å². The van der Waals surface area contributed by atoms with Crippen molar-refractivity contribution < 1.29 is 14.4 Å². The summed E-state index contributed by atoms with van der Waals surface area (Å²) in [4.78, 5) is 42.0. The van der Waals surface area contributed by atoms with Crippen LogP contribution in [0.3, 0.4) is 0 Å². The Morgan fingerprint density at radius 1 is 1.00 bits per heavy atom. The average Bonchev–Trinajstić information content (AvgIpc) is 3.03. The summed E-state index contributed by atoms with van der Waals surface area (Å²) >= 11 is 0. The molecule has 0 saturated carbocycles. The van der Waals surface area contributed by atoms with Gasteiger partial charge in [0.15, 0.2) is 0 Å². The molecule has 3 amide bonds. The second-order valence-electron chi connectivity index (χ2n) is 7.28. The Balaban J connectivity index is 1.54. The molecule has 2 fully saturated rings. The van der Waals surface area contributed by atoms with Crippen molar-refractivity contribution in [3.63, 3.8) is 0 Å². The average molecular weight is 357 g/mol. The maximum absolute atomic E-state index is 12.7. The molecule has 2 saturated heterocycles. The molecule has 0 aromatic heterocycles. The third-order valence-electron chi connectivity index (χ3n) is 5.28. The summed E-state index contributed by atoms with van der Waals surface area (Å²) in [7, 11) is 0. The van der Waals surface area contributed by atoms with Gasteiger partial charge in [-0.05, 0) is 32.3 Å². The number of likely N-dealkylation sites (tertiary alicyclic amines) is 1. The standard InChI is InChI=1S/C20H27N3O3/c1-15-6-8-17(9-7-15)13-23-16(2)20(26)22(14-19(23)25)12-4-11-21-10-3-5-18(21)24/h6-9,16H,3-5,10-14H2,1-2H3/t16-/m0/s1. The zero-order valence-corrected chi connectivity index (χ0v) is 15.6. The van der Waals surface area contributed by atoms with Crippen LogP contribution in [-0.4, -0.2) is 64.6 Å². The van der Waals surface area contributed by atoms with E-state index in [1.165, 1.54) is 5.56 Å². The fraction of sp³-hybridized carbons (Fsp3) is 0.550. The van der Waals surface area contributed by atoms with Gasteiger partial charge >= 0.3 is 0 Å². The summed E-state index contributed by atoms with van der Waals surface area (Å²) in [5, 5.41) is 0. The van der Waals surface area contributed by atoms with E-state index in [2.05, 4.69) is 0 Å². The molecule has 0 N–H and O–H groups in total. The van der Waals surface area contributed by atoms with Gasteiger partial charge in [-0.15, -0.1) is 0 Å². The van der Waals surface area contributed by atoms with E-state index in [1.807, 2.05) is 36.1 Å². The van der Waals surface area contributed by atoms with Gasteiger partial charge in [-0.3, -0.25) is 14.4 Å². The normalized spacial score (nSPS) is 21.1. The highest BCUT2D eigenvalue weighted by molar-refractivity contribution is 5.94. The molecule has 0 radical (unpaired) electrons. The smallest absolute Gasteiger partial charge is 0.245 e. The van der Waals surface area contributed by atoms with Crippen molar-refractivity contribution in [2.75, 3.05) is 26.2 Å². The van der Waals surface area contributed by atoms with Gasteiger partial charge in [0, 0.05) is 32.6 Å². The molecule has 26 heavy (non-hydrogen) atoms. The Kier molecular flexibility index (Phi) is 5.59. The van der Waals surface area contributed by atoms with Gasteiger partial charge in [-0.1, -0.05) is 29.8 Å². The lowest BCUT2D eigenvalue weighted by molar-refractivity contribution is -0.155. The summed E-state index contributed by atoms with van der Waals surface area (Å²) in [5.41, 5.74) is 2.20. The van der Waals surface area contributed by atoms with Gasteiger partial charge in [-0.2, -0.15) is 0 Å². The number of carbonyl (C=O) groups excluding carboxylic acids is 3. The molecule has 0 bridgehead atoms. The molecule has 2 heterocycles. The molecule has 0 spiro atoms. The summed E-state index contributed by atoms with van der Waals surface area (Å²) in [6.45, 7) is 6.41. The number of amides is 3. The topological polar surface area (TPSA) is 60.9 Å². The van der Waals surface area contributed by atoms with E-state index in [-0.39, 0.29) is 24.3 Å². The Morgan fingerprint density at radius 2 is 1.69 bits per heavy atom. The number of hydrogen-bond donors (Lipinski definition) is 0. The first-order valence-electron chi connectivity index (χ1n) is 9.37. The number of piperazine rings is 1. The van der Waals surface area contributed by atoms with E-state index in [0.29, 0.717) is 26.1 Å². The first-order valence-corrected chi connectivity index (χ1v) is 9.37. The highest BCUT2D eigenvalue weighted by Crippen LogP contribution is 2.17. The van der Waals surface area contributed by atoms with E-state index >= 15 is 0 Å². The predicted octanol–water partition coefficient (Wildman–Crippen LogP) is 1.57. The first-order chi connectivity index (χ1) is 12.5. The Hall–Kier alpha value is -2.37. The van der Waals surface area contributed by atoms with Crippen molar-refractivity contribution in [3.8, 4) is 0 Å². The molecule has 3 rings (SSSR count). The lowest BCUT2D eigenvalue weighted by atomic mass is 10.1. The summed E-state index contributed by atoms with van der Waals surface area (Å²) in [6.07, 6.45) is 2.27. The second kappa shape index (κ2) is 7.89. The lowest BCUT2D eigenvalue weighted by Crippen LogP contribution is -2.58. The van der Waals surface area contributed by atoms with E-state index < -0.39 is 6.04 Å². The molecular weight excluding hydrogens is 330 g/mol. The van der Waals surface area contributed by atoms with Crippen LogP contribution in [0.5, 0.6) is 0 Å². The Morgan fingerprint density at radius 3 is 2.35 bits per heavy atom. The maximum atomic E-state index is 12.7. The third kappa shape index (κ3) is 4.06. The molecule has 6 nitrogen and oxygen atoms in total.